The number of ether oxygens (including phenoxy) is 1. The van der Waals surface area contributed by atoms with Gasteiger partial charge >= 0.3 is 5.97 Å². The molecule has 4 nitrogen and oxygen atoms in total. The molecule has 0 radical (unpaired) electrons. The predicted octanol–water partition coefficient (Wildman–Crippen LogP) is 2.73. The van der Waals surface area contributed by atoms with E-state index in [1.165, 1.54) is 0 Å². The van der Waals surface area contributed by atoms with Gasteiger partial charge in [0.1, 0.15) is 11.6 Å². The summed E-state index contributed by atoms with van der Waals surface area (Å²) in [5.74, 6) is -0.125. The van der Waals surface area contributed by atoms with Gasteiger partial charge in [-0.15, -0.1) is 0 Å². The van der Waals surface area contributed by atoms with Crippen molar-refractivity contribution in [3.8, 4) is 6.07 Å². The lowest BCUT2D eigenvalue weighted by molar-refractivity contribution is -0.160. The first kappa shape index (κ1) is 16.0. The van der Waals surface area contributed by atoms with Gasteiger partial charge in [0, 0.05) is 6.54 Å². The Labute approximate surface area is 116 Å². The van der Waals surface area contributed by atoms with Crippen molar-refractivity contribution >= 4 is 5.97 Å². The van der Waals surface area contributed by atoms with Crippen LogP contribution in [0.25, 0.3) is 0 Å². The molecule has 4 heteroatoms. The number of hydrogen-bond acceptors (Lipinski definition) is 4. The first-order chi connectivity index (χ1) is 8.64. The molecule has 0 aliphatic carbocycles. The number of hydrogen-bond donors (Lipinski definition) is 0. The molecule has 0 aromatic carbocycles. The number of rotatable bonds is 4. The second-order valence-corrected chi connectivity index (χ2v) is 6.97. The van der Waals surface area contributed by atoms with Crippen LogP contribution in [0.15, 0.2) is 0 Å². The Morgan fingerprint density at radius 1 is 1.37 bits per heavy atom. The molecule has 0 spiro atoms. The largest absolute Gasteiger partial charge is 0.459 e. The zero-order valence-corrected chi connectivity index (χ0v) is 12.8. The highest BCUT2D eigenvalue weighted by Crippen LogP contribution is 2.25. The monoisotopic (exact) mass is 266 g/mol. The number of carbonyl (C=O) groups is 1. The molecule has 0 aromatic rings. The molecular weight excluding hydrogens is 240 g/mol. The molecule has 19 heavy (non-hydrogen) atoms. The third-order valence-corrected chi connectivity index (χ3v) is 3.37. The lowest BCUT2D eigenvalue weighted by Gasteiger charge is -2.28. The fourth-order valence-electron chi connectivity index (χ4n) is 2.21. The zero-order valence-electron chi connectivity index (χ0n) is 12.8. The summed E-state index contributed by atoms with van der Waals surface area (Å²) in [4.78, 5) is 14.3. The van der Waals surface area contributed by atoms with Crippen LogP contribution in [-0.2, 0) is 9.53 Å². The fourth-order valence-corrected chi connectivity index (χ4v) is 2.21. The molecule has 1 aliphatic rings. The molecule has 0 saturated carbocycles. The molecule has 0 N–H and O–H groups in total. The molecule has 1 heterocycles. The third kappa shape index (κ3) is 5.20. The summed E-state index contributed by atoms with van der Waals surface area (Å²) >= 11 is 0. The van der Waals surface area contributed by atoms with Crippen LogP contribution in [0.2, 0.25) is 0 Å². The highest BCUT2D eigenvalue weighted by molar-refractivity contribution is 5.76. The van der Waals surface area contributed by atoms with Crippen LogP contribution in [0, 0.1) is 16.7 Å². The van der Waals surface area contributed by atoms with E-state index >= 15 is 0 Å². The molecule has 0 bridgehead atoms. The van der Waals surface area contributed by atoms with Crippen molar-refractivity contribution in [3.05, 3.63) is 0 Å². The Morgan fingerprint density at radius 3 is 2.53 bits per heavy atom. The third-order valence-electron chi connectivity index (χ3n) is 3.37. The van der Waals surface area contributed by atoms with Crippen molar-refractivity contribution < 1.29 is 9.53 Å². The van der Waals surface area contributed by atoms with Gasteiger partial charge in [-0.2, -0.15) is 5.26 Å². The second-order valence-electron chi connectivity index (χ2n) is 6.97. The molecule has 108 valence electrons. The first-order valence-electron chi connectivity index (χ1n) is 7.03. The molecule has 0 amide bonds. The van der Waals surface area contributed by atoms with Crippen molar-refractivity contribution in [2.45, 2.75) is 65.5 Å². The maximum Gasteiger partial charge on any atom is 0.323 e. The van der Waals surface area contributed by atoms with Crippen LogP contribution in [0.5, 0.6) is 0 Å². The van der Waals surface area contributed by atoms with Crippen LogP contribution in [-0.4, -0.2) is 35.6 Å². The van der Waals surface area contributed by atoms with Gasteiger partial charge < -0.3 is 4.74 Å². The average Bonchev–Trinajstić information content (AvgIpc) is 2.72. The van der Waals surface area contributed by atoms with Gasteiger partial charge in [0.15, 0.2) is 0 Å². The number of likely N-dealkylation sites (tertiary alicyclic amines) is 1. The Bertz CT molecular complexity index is 363. The smallest absolute Gasteiger partial charge is 0.323 e. The molecular formula is C15H26N2O2. The summed E-state index contributed by atoms with van der Waals surface area (Å²) in [6, 6.07) is 2.17. The normalized spacial score (nSPS) is 21.2. The van der Waals surface area contributed by atoms with E-state index in [-0.39, 0.29) is 17.4 Å². The van der Waals surface area contributed by atoms with Gasteiger partial charge in [-0.1, -0.05) is 0 Å². The van der Waals surface area contributed by atoms with Crippen LogP contribution < -0.4 is 0 Å². The van der Waals surface area contributed by atoms with Crippen molar-refractivity contribution in [3.63, 3.8) is 0 Å². The molecule has 1 rings (SSSR count). The van der Waals surface area contributed by atoms with Crippen molar-refractivity contribution in [1.29, 1.82) is 5.26 Å². The second kappa shape index (κ2) is 5.92. The summed E-state index contributed by atoms with van der Waals surface area (Å²) in [6.07, 6.45) is 2.67. The quantitative estimate of drug-likeness (QED) is 0.734. The summed E-state index contributed by atoms with van der Waals surface area (Å²) in [5.41, 5.74) is -0.766. The highest BCUT2D eigenvalue weighted by Gasteiger charge is 2.34. The lowest BCUT2D eigenvalue weighted by atomic mass is 9.91. The van der Waals surface area contributed by atoms with E-state index < -0.39 is 5.60 Å². The number of esters is 1. The van der Waals surface area contributed by atoms with Gasteiger partial charge in [0.25, 0.3) is 0 Å². The first-order valence-corrected chi connectivity index (χ1v) is 7.03. The summed E-state index contributed by atoms with van der Waals surface area (Å²) in [6.45, 7) is 11.3. The van der Waals surface area contributed by atoms with Crippen LogP contribution in [0.4, 0.5) is 0 Å². The van der Waals surface area contributed by atoms with E-state index in [2.05, 4.69) is 11.0 Å². The van der Waals surface area contributed by atoms with Gasteiger partial charge in [0.2, 0.25) is 0 Å². The van der Waals surface area contributed by atoms with Crippen LogP contribution in [0.3, 0.4) is 0 Å². The lowest BCUT2D eigenvalue weighted by Crippen LogP contribution is -2.41. The maximum atomic E-state index is 12.1. The Morgan fingerprint density at radius 2 is 2.00 bits per heavy atom. The van der Waals surface area contributed by atoms with Crippen molar-refractivity contribution in [2.75, 3.05) is 13.1 Å². The van der Waals surface area contributed by atoms with Crippen LogP contribution >= 0.6 is 0 Å². The topological polar surface area (TPSA) is 53.3 Å². The van der Waals surface area contributed by atoms with Crippen LogP contribution in [0.1, 0.15) is 53.9 Å². The maximum absolute atomic E-state index is 12.1. The number of nitriles is 1. The molecule has 1 fully saturated rings. The molecule has 0 aromatic heterocycles. The highest BCUT2D eigenvalue weighted by atomic mass is 16.6. The Hall–Kier alpha value is -1.08. The molecule has 1 atom stereocenters. The minimum Gasteiger partial charge on any atom is -0.459 e. The Balaban J connectivity index is 2.55. The standard InChI is InChI=1S/C15H26N2O2/c1-14(2,3)19-13(18)12-7-6-9-17(12)10-8-15(4,5)11-16/h12H,6-10H2,1-5H3/t12-/m0/s1. The minimum absolute atomic E-state index is 0.125. The van der Waals surface area contributed by atoms with Crippen molar-refractivity contribution in [2.24, 2.45) is 5.41 Å². The SMILES string of the molecule is CC(C)(C#N)CCN1CCC[C@H]1C(=O)OC(C)(C)C. The van der Waals surface area contributed by atoms with E-state index in [1.54, 1.807) is 0 Å². The van der Waals surface area contributed by atoms with Gasteiger partial charge in [0.05, 0.1) is 11.5 Å². The summed E-state index contributed by atoms with van der Waals surface area (Å²) < 4.78 is 5.46. The molecule has 1 aliphatic heterocycles. The van der Waals surface area contributed by atoms with Gasteiger partial charge in [-0.05, 0) is 60.4 Å². The van der Waals surface area contributed by atoms with Gasteiger partial charge in [-0.25, -0.2) is 0 Å². The van der Waals surface area contributed by atoms with E-state index in [9.17, 15) is 4.79 Å². The minimum atomic E-state index is -0.433. The average molecular weight is 266 g/mol. The summed E-state index contributed by atoms with van der Waals surface area (Å²) in [7, 11) is 0. The zero-order chi connectivity index (χ0) is 14.7. The molecule has 1 saturated heterocycles. The number of carbonyl (C=O) groups excluding carboxylic acids is 1. The number of nitrogens with zero attached hydrogens (tertiary/aromatic N) is 2. The van der Waals surface area contributed by atoms with Gasteiger partial charge in [-0.3, -0.25) is 9.69 Å². The molecule has 0 unspecified atom stereocenters. The van der Waals surface area contributed by atoms with E-state index in [4.69, 9.17) is 10.00 Å². The predicted molar refractivity (Wildman–Crippen MR) is 74.5 cm³/mol. The van der Waals surface area contributed by atoms with E-state index in [1.807, 2.05) is 34.6 Å². The Kier molecular flexibility index (Phi) is 4.98. The van der Waals surface area contributed by atoms with E-state index in [0.717, 1.165) is 32.4 Å². The summed E-state index contributed by atoms with van der Waals surface area (Å²) in [5, 5.41) is 9.04. The van der Waals surface area contributed by atoms with Crippen molar-refractivity contribution in [1.82, 2.24) is 4.90 Å². The van der Waals surface area contributed by atoms with E-state index in [0.29, 0.717) is 0 Å². The fraction of sp³-hybridized carbons (Fsp3) is 0.867.